The van der Waals surface area contributed by atoms with Gasteiger partial charge in [-0.05, 0) is 12.5 Å². The molecule has 0 radical (unpaired) electrons. The first-order chi connectivity index (χ1) is 8.49. The predicted octanol–water partition coefficient (Wildman–Crippen LogP) is 1.27. The number of nitrogens with two attached hydrogens (primary N) is 1. The van der Waals surface area contributed by atoms with Crippen LogP contribution in [0.5, 0.6) is 17.2 Å². The number of aromatic hydroxyl groups is 1. The van der Waals surface area contributed by atoms with Crippen molar-refractivity contribution in [2.45, 2.75) is 18.9 Å². The summed E-state index contributed by atoms with van der Waals surface area (Å²) in [5.74, 6) is -0.276. The van der Waals surface area contributed by atoms with Crippen LogP contribution in [-0.4, -0.2) is 30.4 Å². The monoisotopic (exact) mass is 255 g/mol. The number of rotatable bonds is 6. The first-order valence-corrected chi connectivity index (χ1v) is 5.41. The zero-order valence-corrected chi connectivity index (χ0v) is 10.3. The molecule has 1 unspecified atom stereocenters. The summed E-state index contributed by atoms with van der Waals surface area (Å²) in [5, 5.41) is 18.2. The molecule has 0 bridgehead atoms. The first kappa shape index (κ1) is 14.1. The number of benzene rings is 1. The fourth-order valence-corrected chi connectivity index (χ4v) is 1.63. The SMILES string of the molecule is COc1cc(C(N)CCC(=O)O)c(OC)cc1O. The van der Waals surface area contributed by atoms with Gasteiger partial charge in [-0.3, -0.25) is 4.79 Å². The molecule has 0 aromatic heterocycles. The van der Waals surface area contributed by atoms with E-state index in [2.05, 4.69) is 0 Å². The Kier molecular flexibility index (Phi) is 4.79. The standard InChI is InChI=1S/C12H17NO5/c1-17-10-6-9(14)11(18-2)5-7(10)8(13)3-4-12(15)16/h5-6,8,14H,3-4,13H2,1-2H3,(H,15,16). The molecule has 1 aromatic rings. The van der Waals surface area contributed by atoms with Crippen LogP contribution in [-0.2, 0) is 4.79 Å². The van der Waals surface area contributed by atoms with Gasteiger partial charge in [0.05, 0.1) is 14.2 Å². The van der Waals surface area contributed by atoms with Gasteiger partial charge in [0.15, 0.2) is 11.5 Å². The number of aliphatic carboxylic acids is 1. The summed E-state index contributed by atoms with van der Waals surface area (Å²) < 4.78 is 10.1. The van der Waals surface area contributed by atoms with E-state index in [1.807, 2.05) is 0 Å². The maximum atomic E-state index is 10.5. The maximum absolute atomic E-state index is 10.5. The minimum absolute atomic E-state index is 0.0342. The minimum atomic E-state index is -0.907. The van der Waals surface area contributed by atoms with Gasteiger partial charge in [-0.25, -0.2) is 0 Å². The van der Waals surface area contributed by atoms with E-state index in [0.717, 1.165) is 0 Å². The van der Waals surface area contributed by atoms with E-state index < -0.39 is 12.0 Å². The Hall–Kier alpha value is -1.95. The minimum Gasteiger partial charge on any atom is -0.504 e. The van der Waals surface area contributed by atoms with Gasteiger partial charge in [0, 0.05) is 24.1 Å². The van der Waals surface area contributed by atoms with Gasteiger partial charge >= 0.3 is 5.97 Å². The summed E-state index contributed by atoms with van der Waals surface area (Å²) in [4.78, 5) is 10.5. The Bertz CT molecular complexity index is 433. The summed E-state index contributed by atoms with van der Waals surface area (Å²) in [6, 6.07) is 2.46. The molecule has 0 saturated carbocycles. The van der Waals surface area contributed by atoms with Crippen LogP contribution in [0.25, 0.3) is 0 Å². The number of ether oxygens (including phenoxy) is 2. The normalized spacial score (nSPS) is 11.9. The predicted molar refractivity (Wildman–Crippen MR) is 65.0 cm³/mol. The highest BCUT2D eigenvalue weighted by Gasteiger charge is 2.17. The smallest absolute Gasteiger partial charge is 0.303 e. The average molecular weight is 255 g/mol. The molecule has 6 heteroatoms. The largest absolute Gasteiger partial charge is 0.504 e. The average Bonchev–Trinajstić information content (AvgIpc) is 2.35. The molecule has 0 aliphatic carbocycles. The summed E-state index contributed by atoms with van der Waals surface area (Å²) in [7, 11) is 2.88. The number of phenolic OH excluding ortho intramolecular Hbond substituents is 1. The van der Waals surface area contributed by atoms with Crippen LogP contribution in [0.3, 0.4) is 0 Å². The van der Waals surface area contributed by atoms with E-state index in [1.165, 1.54) is 20.3 Å². The number of carboxylic acids is 1. The van der Waals surface area contributed by atoms with Crippen LogP contribution in [0.4, 0.5) is 0 Å². The van der Waals surface area contributed by atoms with Gasteiger partial charge in [-0.15, -0.1) is 0 Å². The van der Waals surface area contributed by atoms with Gasteiger partial charge < -0.3 is 25.4 Å². The van der Waals surface area contributed by atoms with Crippen molar-refractivity contribution < 1.29 is 24.5 Å². The van der Waals surface area contributed by atoms with Gasteiger partial charge in [0.2, 0.25) is 0 Å². The lowest BCUT2D eigenvalue weighted by Crippen LogP contribution is -2.13. The summed E-state index contributed by atoms with van der Waals surface area (Å²) in [6.07, 6.45) is 0.243. The Morgan fingerprint density at radius 3 is 2.44 bits per heavy atom. The second kappa shape index (κ2) is 6.11. The van der Waals surface area contributed by atoms with Crippen molar-refractivity contribution in [3.8, 4) is 17.2 Å². The summed E-state index contributed by atoms with van der Waals surface area (Å²) in [6.45, 7) is 0. The molecular weight excluding hydrogens is 238 g/mol. The lowest BCUT2D eigenvalue weighted by atomic mass is 10.0. The number of hydrogen-bond acceptors (Lipinski definition) is 5. The molecule has 0 amide bonds. The molecule has 1 aromatic carbocycles. The molecule has 0 aliphatic rings. The molecule has 0 heterocycles. The Labute approximate surface area is 105 Å². The third-order valence-corrected chi connectivity index (χ3v) is 2.60. The molecule has 6 nitrogen and oxygen atoms in total. The molecule has 4 N–H and O–H groups in total. The highest BCUT2D eigenvalue weighted by molar-refractivity contribution is 5.66. The summed E-state index contributed by atoms with van der Waals surface area (Å²) >= 11 is 0. The Balaban J connectivity index is 3.01. The third kappa shape index (κ3) is 3.27. The number of methoxy groups -OCH3 is 2. The third-order valence-electron chi connectivity index (χ3n) is 2.60. The van der Waals surface area contributed by atoms with E-state index in [9.17, 15) is 9.90 Å². The molecule has 18 heavy (non-hydrogen) atoms. The zero-order valence-electron chi connectivity index (χ0n) is 10.3. The molecule has 1 rings (SSSR count). The van der Waals surface area contributed by atoms with Crippen molar-refractivity contribution in [1.29, 1.82) is 0 Å². The van der Waals surface area contributed by atoms with Crippen LogP contribution >= 0.6 is 0 Å². The van der Waals surface area contributed by atoms with Crippen LogP contribution in [0.2, 0.25) is 0 Å². The molecule has 100 valence electrons. The Morgan fingerprint density at radius 2 is 1.94 bits per heavy atom. The highest BCUT2D eigenvalue weighted by atomic mass is 16.5. The molecule has 1 atom stereocenters. The van der Waals surface area contributed by atoms with Crippen LogP contribution < -0.4 is 15.2 Å². The van der Waals surface area contributed by atoms with Crippen molar-refractivity contribution in [1.82, 2.24) is 0 Å². The number of carboxylic acid groups (broad SMARTS) is 1. The molecule has 0 saturated heterocycles. The lowest BCUT2D eigenvalue weighted by Gasteiger charge is -2.17. The van der Waals surface area contributed by atoms with Crippen molar-refractivity contribution in [3.05, 3.63) is 17.7 Å². The van der Waals surface area contributed by atoms with Crippen LogP contribution in [0, 0.1) is 0 Å². The number of phenols is 1. The van der Waals surface area contributed by atoms with Gasteiger partial charge in [-0.2, -0.15) is 0 Å². The molecule has 0 aliphatic heterocycles. The van der Waals surface area contributed by atoms with Gasteiger partial charge in [-0.1, -0.05) is 0 Å². The topological polar surface area (TPSA) is 102 Å². The van der Waals surface area contributed by atoms with E-state index in [-0.39, 0.29) is 24.3 Å². The van der Waals surface area contributed by atoms with E-state index >= 15 is 0 Å². The van der Waals surface area contributed by atoms with E-state index in [1.54, 1.807) is 6.07 Å². The Morgan fingerprint density at radius 1 is 1.33 bits per heavy atom. The quantitative estimate of drug-likeness (QED) is 0.707. The number of hydrogen-bond donors (Lipinski definition) is 3. The van der Waals surface area contributed by atoms with Crippen molar-refractivity contribution in [3.63, 3.8) is 0 Å². The second-order valence-corrected chi connectivity index (χ2v) is 3.80. The molecule has 0 fully saturated rings. The number of carbonyl (C=O) groups is 1. The molecular formula is C12H17NO5. The van der Waals surface area contributed by atoms with Crippen molar-refractivity contribution >= 4 is 5.97 Å². The highest BCUT2D eigenvalue weighted by Crippen LogP contribution is 2.37. The maximum Gasteiger partial charge on any atom is 0.303 e. The van der Waals surface area contributed by atoms with E-state index in [4.69, 9.17) is 20.3 Å². The lowest BCUT2D eigenvalue weighted by molar-refractivity contribution is -0.137. The van der Waals surface area contributed by atoms with Crippen LogP contribution in [0.1, 0.15) is 24.4 Å². The van der Waals surface area contributed by atoms with Gasteiger partial charge in [0.25, 0.3) is 0 Å². The zero-order chi connectivity index (χ0) is 13.7. The fraction of sp³-hybridized carbons (Fsp3) is 0.417. The second-order valence-electron chi connectivity index (χ2n) is 3.80. The van der Waals surface area contributed by atoms with Crippen molar-refractivity contribution in [2.24, 2.45) is 5.73 Å². The summed E-state index contributed by atoms with van der Waals surface area (Å²) in [5.41, 5.74) is 6.52. The molecule has 0 spiro atoms. The fourth-order valence-electron chi connectivity index (χ4n) is 1.63. The van der Waals surface area contributed by atoms with Crippen molar-refractivity contribution in [2.75, 3.05) is 14.2 Å². The van der Waals surface area contributed by atoms with E-state index in [0.29, 0.717) is 11.3 Å². The first-order valence-electron chi connectivity index (χ1n) is 5.41. The van der Waals surface area contributed by atoms with Crippen LogP contribution in [0.15, 0.2) is 12.1 Å². The van der Waals surface area contributed by atoms with Gasteiger partial charge in [0.1, 0.15) is 5.75 Å².